The highest BCUT2D eigenvalue weighted by Crippen LogP contribution is 2.53. The molecule has 2 aliphatic heterocycles. The fourth-order valence-electron chi connectivity index (χ4n) is 10.3. The smallest absolute Gasteiger partial charge is 0.337 e. The van der Waals surface area contributed by atoms with E-state index in [4.69, 9.17) is 8.83 Å². The van der Waals surface area contributed by atoms with Crippen LogP contribution in [0.5, 0.6) is 0 Å². The second-order valence-corrected chi connectivity index (χ2v) is 16.8. The first-order valence-electron chi connectivity index (χ1n) is 18.7. The first kappa shape index (κ1) is 29.0. The number of aryl methyl sites for hydroxylation is 1. The van der Waals surface area contributed by atoms with E-state index in [0.717, 1.165) is 50.7 Å². The largest absolute Gasteiger partial charge is 0.454 e. The van der Waals surface area contributed by atoms with Gasteiger partial charge in [-0.1, -0.05) is 100 Å². The van der Waals surface area contributed by atoms with E-state index in [-0.39, 0.29) is 17.7 Å². The number of rotatable bonds is 1. The van der Waals surface area contributed by atoms with Gasteiger partial charge < -0.3 is 13.3 Å². The van der Waals surface area contributed by atoms with E-state index in [2.05, 4.69) is 153 Å². The summed E-state index contributed by atoms with van der Waals surface area (Å²) in [4.78, 5) is 2.48. The maximum absolute atomic E-state index is 7.15. The lowest BCUT2D eigenvalue weighted by atomic mass is 9.45. The van der Waals surface area contributed by atoms with E-state index < -0.39 is 0 Å². The Labute approximate surface area is 302 Å². The maximum atomic E-state index is 7.15. The molecule has 5 heterocycles. The molecule has 1 aliphatic carbocycles. The molecule has 3 aliphatic rings. The van der Waals surface area contributed by atoms with Gasteiger partial charge in [0.2, 0.25) is 5.88 Å². The van der Waals surface area contributed by atoms with Crippen molar-refractivity contribution in [1.29, 1.82) is 0 Å². The number of aromatic nitrogens is 1. The van der Waals surface area contributed by atoms with E-state index in [0.29, 0.717) is 0 Å². The van der Waals surface area contributed by atoms with Gasteiger partial charge in [0, 0.05) is 38.4 Å². The van der Waals surface area contributed by atoms with Crippen molar-refractivity contribution >= 4 is 89.7 Å². The molecule has 0 unspecified atom stereocenters. The predicted molar refractivity (Wildman–Crippen MR) is 217 cm³/mol. The molecule has 250 valence electrons. The molecule has 0 saturated carbocycles. The molecule has 0 fully saturated rings. The fourth-order valence-corrected chi connectivity index (χ4v) is 10.3. The molecular formula is C47H37BN2O2. The Morgan fingerprint density at radius 3 is 2.04 bits per heavy atom. The topological polar surface area (TPSA) is 34.5 Å². The summed E-state index contributed by atoms with van der Waals surface area (Å²) in [5.74, 6) is 0.901. The zero-order valence-corrected chi connectivity index (χ0v) is 30.1. The van der Waals surface area contributed by atoms with Gasteiger partial charge in [-0.15, -0.1) is 0 Å². The molecule has 0 radical (unpaired) electrons. The Morgan fingerprint density at radius 1 is 0.596 bits per heavy atom. The monoisotopic (exact) mass is 672 g/mol. The molecule has 0 spiro atoms. The van der Waals surface area contributed by atoms with Gasteiger partial charge in [-0.3, -0.25) is 4.90 Å². The highest BCUT2D eigenvalue weighted by atomic mass is 16.4. The third-order valence-corrected chi connectivity index (χ3v) is 12.9. The van der Waals surface area contributed by atoms with E-state index in [1.807, 2.05) is 0 Å². The molecular weight excluding hydrogens is 635 g/mol. The SMILES string of the molecule is Cc1cc2c(cc1N1c3cc4ccccc4c4c3B(c3c1oc1ccccc31)n1c3c-4cccc3c3oc4ccccc4c31)C(C)(C)CCC2(C)C. The molecule has 0 amide bonds. The van der Waals surface area contributed by atoms with Gasteiger partial charge in [0.15, 0.2) is 5.58 Å². The zero-order valence-electron chi connectivity index (χ0n) is 30.1. The minimum Gasteiger partial charge on any atom is -0.454 e. The molecule has 6 aromatic carbocycles. The van der Waals surface area contributed by atoms with Gasteiger partial charge in [-0.25, -0.2) is 0 Å². The zero-order chi connectivity index (χ0) is 34.8. The Kier molecular flexibility index (Phi) is 5.24. The Hall–Kier alpha value is -5.68. The molecule has 0 saturated heterocycles. The summed E-state index contributed by atoms with van der Waals surface area (Å²) in [7, 11) is 0. The number of hydrogen-bond donors (Lipinski definition) is 0. The van der Waals surface area contributed by atoms with Crippen molar-refractivity contribution < 1.29 is 8.83 Å². The fraction of sp³-hybridized carbons (Fsp3) is 0.191. The molecule has 0 bridgehead atoms. The summed E-state index contributed by atoms with van der Waals surface area (Å²) in [5, 5.41) is 5.93. The molecule has 12 rings (SSSR count). The van der Waals surface area contributed by atoms with Crippen molar-refractivity contribution in [3.8, 4) is 11.1 Å². The Balaban J connectivity index is 1.29. The second-order valence-electron chi connectivity index (χ2n) is 16.8. The minimum absolute atomic E-state index is 0.0643. The normalized spacial score (nSPS) is 16.6. The summed E-state index contributed by atoms with van der Waals surface area (Å²) in [5.41, 5.74) is 17.0. The van der Waals surface area contributed by atoms with Crippen LogP contribution in [-0.4, -0.2) is 11.3 Å². The number of hydrogen-bond acceptors (Lipinski definition) is 3. The van der Waals surface area contributed by atoms with E-state index >= 15 is 0 Å². The molecule has 4 nitrogen and oxygen atoms in total. The van der Waals surface area contributed by atoms with Crippen molar-refractivity contribution in [2.24, 2.45) is 0 Å². The van der Waals surface area contributed by atoms with Crippen LogP contribution in [0.2, 0.25) is 0 Å². The van der Waals surface area contributed by atoms with Crippen LogP contribution in [-0.2, 0) is 10.8 Å². The lowest BCUT2D eigenvalue weighted by Gasteiger charge is -2.44. The molecule has 9 aromatic rings. The second kappa shape index (κ2) is 9.40. The highest BCUT2D eigenvalue weighted by Gasteiger charge is 2.48. The predicted octanol–water partition coefficient (Wildman–Crippen LogP) is 11.5. The van der Waals surface area contributed by atoms with Crippen LogP contribution in [0.15, 0.2) is 118 Å². The quantitative estimate of drug-likeness (QED) is 0.163. The number of benzene rings is 6. The van der Waals surface area contributed by atoms with E-state index in [1.165, 1.54) is 72.8 Å². The van der Waals surface area contributed by atoms with Crippen LogP contribution >= 0.6 is 0 Å². The maximum Gasteiger partial charge on any atom is 0.337 e. The summed E-state index contributed by atoms with van der Waals surface area (Å²) in [6, 6.07) is 40.2. The lowest BCUT2D eigenvalue weighted by Crippen LogP contribution is -2.56. The van der Waals surface area contributed by atoms with Crippen LogP contribution in [0, 0.1) is 6.92 Å². The van der Waals surface area contributed by atoms with Crippen LogP contribution < -0.4 is 15.8 Å². The van der Waals surface area contributed by atoms with Gasteiger partial charge in [0.05, 0.1) is 11.2 Å². The van der Waals surface area contributed by atoms with Crippen LogP contribution in [0.25, 0.3) is 65.8 Å². The summed E-state index contributed by atoms with van der Waals surface area (Å²) in [6.45, 7) is 11.8. The summed E-state index contributed by atoms with van der Waals surface area (Å²) >= 11 is 0. The number of nitrogens with zero attached hydrogens (tertiary/aromatic N) is 2. The molecule has 0 N–H and O–H groups in total. The average Bonchev–Trinajstić information content (AvgIpc) is 3.82. The first-order chi connectivity index (χ1) is 25.2. The van der Waals surface area contributed by atoms with Gasteiger partial charge in [-0.05, 0) is 105 Å². The van der Waals surface area contributed by atoms with Crippen molar-refractivity contribution in [3.05, 3.63) is 126 Å². The van der Waals surface area contributed by atoms with Gasteiger partial charge in [0.25, 0.3) is 0 Å². The lowest BCUT2D eigenvalue weighted by molar-refractivity contribution is 0.332. The minimum atomic E-state index is -0.131. The number of anilines is 3. The molecule has 0 atom stereocenters. The highest BCUT2D eigenvalue weighted by molar-refractivity contribution is 6.92. The van der Waals surface area contributed by atoms with Gasteiger partial charge >= 0.3 is 6.85 Å². The molecule has 52 heavy (non-hydrogen) atoms. The van der Waals surface area contributed by atoms with Gasteiger partial charge in [0.1, 0.15) is 11.2 Å². The third-order valence-electron chi connectivity index (χ3n) is 12.9. The van der Waals surface area contributed by atoms with Crippen LogP contribution in [0.3, 0.4) is 0 Å². The summed E-state index contributed by atoms with van der Waals surface area (Å²) in [6.07, 6.45) is 2.35. The number of fused-ring (bicyclic) bond motifs is 14. The summed E-state index contributed by atoms with van der Waals surface area (Å²) < 4.78 is 16.5. The van der Waals surface area contributed by atoms with Crippen molar-refractivity contribution in [1.82, 2.24) is 4.48 Å². The third kappa shape index (κ3) is 3.40. The van der Waals surface area contributed by atoms with Crippen molar-refractivity contribution in [2.75, 3.05) is 4.90 Å². The number of para-hydroxylation sites is 3. The molecule has 3 aromatic heterocycles. The standard InChI is InChI=1S/C47H37BN2O2/c1-26-23-33-34(47(4,5)22-21-46(33,2)3)25-35(26)49-36-24-27-13-6-7-14-28(27)39-31-17-12-18-32-42(31)50(43-30-16-9-11-20-38(30)51-44(32)43)48(41(36)39)40-29-15-8-10-19-37(29)52-45(40)49/h6-20,23-25H,21-22H2,1-5H3. The van der Waals surface area contributed by atoms with Crippen LogP contribution in [0.1, 0.15) is 57.2 Å². The van der Waals surface area contributed by atoms with Crippen molar-refractivity contribution in [2.45, 2.75) is 58.3 Å². The first-order valence-corrected chi connectivity index (χ1v) is 18.7. The molecule has 5 heteroatoms. The average molecular weight is 673 g/mol. The van der Waals surface area contributed by atoms with Crippen LogP contribution in [0.4, 0.5) is 17.3 Å². The van der Waals surface area contributed by atoms with Gasteiger partial charge in [-0.2, -0.15) is 0 Å². The Bertz CT molecular complexity index is 3060. The number of furan rings is 2. The van der Waals surface area contributed by atoms with Crippen molar-refractivity contribution in [3.63, 3.8) is 0 Å². The van der Waals surface area contributed by atoms with E-state index in [1.54, 1.807) is 0 Å². The Morgan fingerprint density at radius 2 is 1.25 bits per heavy atom. The van der Waals surface area contributed by atoms with E-state index in [9.17, 15) is 0 Å².